The van der Waals surface area contributed by atoms with Crippen LogP contribution in [0.1, 0.15) is 39.5 Å². The molecular formula is C17H35IN4O2. The number of nitrogens with zero attached hydrogens (tertiary/aromatic N) is 2. The second kappa shape index (κ2) is 12.3. The summed E-state index contributed by atoms with van der Waals surface area (Å²) in [6, 6.07) is 1.43. The van der Waals surface area contributed by atoms with Crippen LogP contribution in [0.25, 0.3) is 0 Å². The largest absolute Gasteiger partial charge is 0.379 e. The van der Waals surface area contributed by atoms with Gasteiger partial charge >= 0.3 is 0 Å². The van der Waals surface area contributed by atoms with Gasteiger partial charge in [-0.2, -0.15) is 0 Å². The molecule has 2 fully saturated rings. The maximum atomic E-state index is 5.76. The van der Waals surface area contributed by atoms with E-state index < -0.39 is 0 Å². The summed E-state index contributed by atoms with van der Waals surface area (Å²) in [7, 11) is 1.82. The molecule has 2 N–H and O–H groups in total. The third-order valence-corrected chi connectivity index (χ3v) is 4.42. The fourth-order valence-corrected chi connectivity index (χ4v) is 2.97. The molecule has 1 unspecified atom stereocenters. The van der Waals surface area contributed by atoms with Crippen molar-refractivity contribution >= 4 is 29.9 Å². The summed E-state index contributed by atoms with van der Waals surface area (Å²) in [6.07, 6.45) is 5.03. The highest BCUT2D eigenvalue weighted by Crippen LogP contribution is 2.27. The number of ether oxygens (including phenoxy) is 2. The van der Waals surface area contributed by atoms with E-state index in [1.54, 1.807) is 0 Å². The van der Waals surface area contributed by atoms with Gasteiger partial charge in [0.05, 0.1) is 12.7 Å². The summed E-state index contributed by atoms with van der Waals surface area (Å²) >= 11 is 0. The van der Waals surface area contributed by atoms with Crippen molar-refractivity contribution in [1.82, 2.24) is 15.5 Å². The predicted molar refractivity (Wildman–Crippen MR) is 109 cm³/mol. The first-order chi connectivity index (χ1) is 11.2. The second-order valence-electron chi connectivity index (χ2n) is 6.70. The van der Waals surface area contributed by atoms with E-state index in [-0.39, 0.29) is 24.0 Å². The molecule has 2 aliphatic rings. The average Bonchev–Trinajstić information content (AvgIpc) is 3.24. The highest BCUT2D eigenvalue weighted by molar-refractivity contribution is 14.0. The molecule has 24 heavy (non-hydrogen) atoms. The van der Waals surface area contributed by atoms with E-state index in [0.717, 1.165) is 64.3 Å². The average molecular weight is 454 g/mol. The molecule has 0 spiro atoms. The van der Waals surface area contributed by atoms with Gasteiger partial charge < -0.3 is 20.1 Å². The molecule has 1 aliphatic carbocycles. The summed E-state index contributed by atoms with van der Waals surface area (Å²) in [5.41, 5.74) is 0. The van der Waals surface area contributed by atoms with Crippen molar-refractivity contribution in [2.24, 2.45) is 4.99 Å². The number of guanidine groups is 1. The summed E-state index contributed by atoms with van der Waals surface area (Å²) in [5.74, 6) is 0.883. The Morgan fingerprint density at radius 1 is 1.25 bits per heavy atom. The summed E-state index contributed by atoms with van der Waals surface area (Å²) < 4.78 is 11.1. The molecule has 1 atom stereocenters. The maximum absolute atomic E-state index is 5.76. The molecule has 0 amide bonds. The van der Waals surface area contributed by atoms with Crippen LogP contribution in [-0.2, 0) is 9.47 Å². The van der Waals surface area contributed by atoms with Gasteiger partial charge in [-0.05, 0) is 39.5 Å². The Hall–Kier alpha value is -0.120. The van der Waals surface area contributed by atoms with Gasteiger partial charge in [0.25, 0.3) is 0 Å². The van der Waals surface area contributed by atoms with Crippen molar-refractivity contribution in [3.05, 3.63) is 0 Å². The van der Waals surface area contributed by atoms with E-state index in [9.17, 15) is 0 Å². The molecule has 2 rings (SSSR count). The summed E-state index contributed by atoms with van der Waals surface area (Å²) in [5, 5.41) is 6.76. The van der Waals surface area contributed by atoms with Crippen molar-refractivity contribution in [2.45, 2.75) is 57.7 Å². The van der Waals surface area contributed by atoms with Gasteiger partial charge in [-0.15, -0.1) is 24.0 Å². The lowest BCUT2D eigenvalue weighted by Gasteiger charge is -2.26. The quantitative estimate of drug-likeness (QED) is 0.228. The monoisotopic (exact) mass is 454 g/mol. The predicted octanol–water partition coefficient (Wildman–Crippen LogP) is 1.84. The minimum Gasteiger partial charge on any atom is -0.379 e. The molecule has 0 bridgehead atoms. The standard InChI is InChI=1S/C17H34N4O2.HI/c1-14(2)21(15-5-6-15)10-9-20-17(18-3)19-8-4-11-23-16-7-12-22-13-16;/h14-16H,4-13H2,1-3H3,(H2,18,19,20);1H. The van der Waals surface area contributed by atoms with Gasteiger partial charge in [0.2, 0.25) is 0 Å². The number of hydrogen-bond donors (Lipinski definition) is 2. The number of rotatable bonds is 10. The number of hydrogen-bond acceptors (Lipinski definition) is 4. The number of aliphatic imine (C=N–C) groups is 1. The molecule has 1 saturated carbocycles. The fraction of sp³-hybridized carbons (Fsp3) is 0.941. The van der Waals surface area contributed by atoms with Crippen molar-refractivity contribution < 1.29 is 9.47 Å². The topological polar surface area (TPSA) is 58.1 Å². The Kier molecular flexibility index (Phi) is 11.2. The van der Waals surface area contributed by atoms with E-state index in [1.807, 2.05) is 7.05 Å². The molecule has 142 valence electrons. The normalized spacial score (nSPS) is 21.2. The Morgan fingerprint density at radius 3 is 2.58 bits per heavy atom. The molecule has 0 radical (unpaired) electrons. The minimum atomic E-state index is 0. The molecule has 6 nitrogen and oxygen atoms in total. The van der Waals surface area contributed by atoms with Crippen LogP contribution in [-0.4, -0.2) is 75.5 Å². The first kappa shape index (κ1) is 21.9. The lowest BCUT2D eigenvalue weighted by Crippen LogP contribution is -2.44. The minimum absolute atomic E-state index is 0. The second-order valence-corrected chi connectivity index (χ2v) is 6.70. The van der Waals surface area contributed by atoms with Crippen LogP contribution < -0.4 is 10.6 Å². The smallest absolute Gasteiger partial charge is 0.191 e. The lowest BCUT2D eigenvalue weighted by molar-refractivity contribution is 0.0420. The highest BCUT2D eigenvalue weighted by Gasteiger charge is 2.30. The Balaban J connectivity index is 0.00000288. The van der Waals surface area contributed by atoms with Crippen molar-refractivity contribution in [2.75, 3.05) is 46.5 Å². The van der Waals surface area contributed by atoms with Crippen molar-refractivity contribution in [3.8, 4) is 0 Å². The lowest BCUT2D eigenvalue weighted by atomic mass is 10.3. The van der Waals surface area contributed by atoms with Crippen LogP contribution in [0, 0.1) is 0 Å². The molecule has 1 aliphatic heterocycles. The van der Waals surface area contributed by atoms with Crippen LogP contribution in [0.4, 0.5) is 0 Å². The van der Waals surface area contributed by atoms with Gasteiger partial charge in [0, 0.05) is 52.0 Å². The van der Waals surface area contributed by atoms with Gasteiger partial charge in [0.15, 0.2) is 5.96 Å². The Morgan fingerprint density at radius 2 is 2.00 bits per heavy atom. The van der Waals surface area contributed by atoms with Crippen molar-refractivity contribution in [3.63, 3.8) is 0 Å². The van der Waals surface area contributed by atoms with Gasteiger partial charge in [-0.3, -0.25) is 9.89 Å². The Bertz CT molecular complexity index is 356. The number of halogens is 1. The van der Waals surface area contributed by atoms with Gasteiger partial charge in [-0.1, -0.05) is 0 Å². The summed E-state index contributed by atoms with van der Waals surface area (Å²) in [4.78, 5) is 6.86. The molecule has 1 heterocycles. The third kappa shape index (κ3) is 8.31. The molecule has 7 heteroatoms. The van der Waals surface area contributed by atoms with E-state index in [2.05, 4.69) is 34.4 Å². The van der Waals surface area contributed by atoms with Crippen LogP contribution >= 0.6 is 24.0 Å². The molecule has 0 aromatic carbocycles. The molecule has 0 aromatic rings. The van der Waals surface area contributed by atoms with Crippen LogP contribution in [0.5, 0.6) is 0 Å². The number of nitrogens with one attached hydrogen (secondary N) is 2. The van der Waals surface area contributed by atoms with Gasteiger partial charge in [-0.25, -0.2) is 0 Å². The highest BCUT2D eigenvalue weighted by atomic mass is 127. The maximum Gasteiger partial charge on any atom is 0.191 e. The van der Waals surface area contributed by atoms with E-state index in [4.69, 9.17) is 9.47 Å². The van der Waals surface area contributed by atoms with Crippen LogP contribution in [0.3, 0.4) is 0 Å². The zero-order valence-corrected chi connectivity index (χ0v) is 17.8. The molecule has 0 aromatic heterocycles. The van der Waals surface area contributed by atoms with Crippen molar-refractivity contribution in [1.29, 1.82) is 0 Å². The third-order valence-electron chi connectivity index (χ3n) is 4.42. The van der Waals surface area contributed by atoms with Gasteiger partial charge in [0.1, 0.15) is 0 Å². The van der Waals surface area contributed by atoms with E-state index >= 15 is 0 Å². The molecular weight excluding hydrogens is 419 g/mol. The SMILES string of the molecule is CN=C(NCCCOC1CCOC1)NCCN(C(C)C)C1CC1.I. The summed E-state index contributed by atoms with van der Waals surface area (Å²) in [6.45, 7) is 9.82. The van der Waals surface area contributed by atoms with E-state index in [0.29, 0.717) is 12.1 Å². The van der Waals surface area contributed by atoms with Crippen LogP contribution in [0.2, 0.25) is 0 Å². The van der Waals surface area contributed by atoms with Crippen LogP contribution in [0.15, 0.2) is 4.99 Å². The zero-order valence-electron chi connectivity index (χ0n) is 15.4. The Labute approximate surface area is 164 Å². The fourth-order valence-electron chi connectivity index (χ4n) is 2.97. The molecule has 1 saturated heterocycles. The first-order valence-corrected chi connectivity index (χ1v) is 9.10. The van der Waals surface area contributed by atoms with E-state index in [1.165, 1.54) is 12.8 Å². The first-order valence-electron chi connectivity index (χ1n) is 9.10. The zero-order chi connectivity index (χ0) is 16.5.